The number of likely N-dealkylation sites (N-methyl/N-ethyl adjacent to an activating group) is 1. The van der Waals surface area contributed by atoms with E-state index in [1.807, 2.05) is 6.07 Å². The zero-order valence-electron chi connectivity index (χ0n) is 26.0. The van der Waals surface area contributed by atoms with Crippen molar-refractivity contribution in [2.45, 2.75) is 76.6 Å². The monoisotopic (exact) mass is 663 g/mol. The Hall–Kier alpha value is -4.47. The minimum atomic E-state index is -5.13. The van der Waals surface area contributed by atoms with Crippen molar-refractivity contribution >= 4 is 17.6 Å². The van der Waals surface area contributed by atoms with Crippen molar-refractivity contribution in [3.63, 3.8) is 0 Å². The topological polar surface area (TPSA) is 94.3 Å². The second-order valence-electron chi connectivity index (χ2n) is 12.5. The predicted octanol–water partition coefficient (Wildman–Crippen LogP) is 8.79. The van der Waals surface area contributed by atoms with Gasteiger partial charge in [0.15, 0.2) is 5.69 Å². The van der Waals surface area contributed by atoms with E-state index in [4.69, 9.17) is 0 Å². The number of aliphatic carboxylic acids is 1. The van der Waals surface area contributed by atoms with Crippen molar-refractivity contribution < 1.29 is 45.4 Å². The highest BCUT2D eigenvalue weighted by molar-refractivity contribution is 6.04. The number of carboxylic acid groups (broad SMARTS) is 1. The van der Waals surface area contributed by atoms with Crippen molar-refractivity contribution in [3.05, 3.63) is 81.9 Å². The van der Waals surface area contributed by atoms with Crippen molar-refractivity contribution in [1.82, 2.24) is 4.98 Å². The largest absolute Gasteiger partial charge is 0.481 e. The van der Waals surface area contributed by atoms with Gasteiger partial charge in [0.25, 0.3) is 0 Å². The van der Waals surface area contributed by atoms with Crippen LogP contribution in [0.15, 0.2) is 42.5 Å². The molecule has 1 N–H and O–H groups in total. The smallest absolute Gasteiger partial charge is 0.416 e. The minimum Gasteiger partial charge on any atom is -0.481 e. The summed E-state index contributed by atoms with van der Waals surface area (Å²) in [5, 5.41) is 19.4. The zero-order valence-corrected chi connectivity index (χ0v) is 26.0. The first-order valence-electron chi connectivity index (χ1n) is 14.8. The fourth-order valence-electron chi connectivity index (χ4n) is 6.19. The van der Waals surface area contributed by atoms with Crippen LogP contribution in [0.2, 0.25) is 0 Å². The van der Waals surface area contributed by atoms with Gasteiger partial charge in [-0.15, -0.1) is 0 Å². The van der Waals surface area contributed by atoms with E-state index >= 15 is 0 Å². The summed E-state index contributed by atoms with van der Waals surface area (Å²) in [5.41, 5.74) is -4.27. The summed E-state index contributed by atoms with van der Waals surface area (Å²) in [6.07, 6.45) is -7.86. The number of hydrogen-bond acceptors (Lipinski definition) is 4. The number of pyridine rings is 1. The van der Waals surface area contributed by atoms with E-state index in [1.165, 1.54) is 39.1 Å². The third-order valence-electron chi connectivity index (χ3n) is 8.81. The maximum Gasteiger partial charge on any atom is 0.416 e. The van der Waals surface area contributed by atoms with Gasteiger partial charge < -0.3 is 10.0 Å². The third kappa shape index (κ3) is 7.58. The van der Waals surface area contributed by atoms with E-state index in [9.17, 15) is 50.7 Å². The molecule has 4 rings (SSSR count). The molecule has 0 saturated heterocycles. The molecule has 0 spiro atoms. The van der Waals surface area contributed by atoms with Gasteiger partial charge in [0.2, 0.25) is 5.91 Å². The van der Waals surface area contributed by atoms with Crippen LogP contribution in [0.5, 0.6) is 0 Å². The van der Waals surface area contributed by atoms with Crippen LogP contribution in [0.3, 0.4) is 0 Å². The SMILES string of the molecule is Cc1cc(F)ccc1-c1cc([C@H]2CC[C@@H](CC(=O)O)CC2)nc(C#N)c1N(C)C(=O)C(C)(C)c1cc(C(F)(F)F)cc(C(F)(F)F)c1. The Kier molecular flexibility index (Phi) is 9.76. The van der Waals surface area contributed by atoms with Gasteiger partial charge in [-0.1, -0.05) is 6.07 Å². The van der Waals surface area contributed by atoms with Gasteiger partial charge in [0, 0.05) is 30.6 Å². The molecule has 3 aromatic rings. The number of benzene rings is 2. The Balaban J connectivity index is 1.85. The Bertz CT molecular complexity index is 1700. The summed E-state index contributed by atoms with van der Waals surface area (Å²) in [5.74, 6) is -2.55. The number of anilines is 1. The zero-order chi connectivity index (χ0) is 35.1. The number of hydrogen-bond donors (Lipinski definition) is 1. The maximum atomic E-state index is 14.1. The van der Waals surface area contributed by atoms with E-state index in [-0.39, 0.29) is 35.7 Å². The number of amides is 1. The number of aromatic nitrogens is 1. The van der Waals surface area contributed by atoms with Crippen LogP contribution in [0.4, 0.5) is 36.4 Å². The molecule has 0 bridgehead atoms. The molecule has 1 fully saturated rings. The molecular weight excluding hydrogens is 631 g/mol. The van der Waals surface area contributed by atoms with Crippen LogP contribution in [0.25, 0.3) is 11.1 Å². The Morgan fingerprint density at radius 3 is 1.96 bits per heavy atom. The lowest BCUT2D eigenvalue weighted by Gasteiger charge is -2.33. The molecule has 1 saturated carbocycles. The molecule has 0 radical (unpaired) electrons. The summed E-state index contributed by atoms with van der Waals surface area (Å²) in [6, 6.07) is 8.49. The first kappa shape index (κ1) is 35.4. The van der Waals surface area contributed by atoms with Crippen molar-refractivity contribution in [2.24, 2.45) is 5.92 Å². The fraction of sp³-hybridized carbons (Fsp3) is 0.412. The van der Waals surface area contributed by atoms with Crippen LogP contribution in [-0.2, 0) is 27.4 Å². The van der Waals surface area contributed by atoms with Gasteiger partial charge >= 0.3 is 18.3 Å². The second kappa shape index (κ2) is 13.0. The molecule has 250 valence electrons. The molecule has 1 heterocycles. The van der Waals surface area contributed by atoms with Crippen molar-refractivity contribution in [2.75, 3.05) is 11.9 Å². The van der Waals surface area contributed by atoms with Gasteiger partial charge in [0.1, 0.15) is 11.9 Å². The summed E-state index contributed by atoms with van der Waals surface area (Å²) in [7, 11) is 1.25. The molecule has 13 heteroatoms. The number of halogens is 7. The molecule has 1 aromatic heterocycles. The number of nitrogens with zero attached hydrogens (tertiary/aromatic N) is 3. The molecule has 2 aromatic carbocycles. The average molecular weight is 664 g/mol. The lowest BCUT2D eigenvalue weighted by Crippen LogP contribution is -2.42. The second-order valence-corrected chi connectivity index (χ2v) is 12.5. The first-order chi connectivity index (χ1) is 21.7. The summed E-state index contributed by atoms with van der Waals surface area (Å²) in [6.45, 7) is 3.99. The van der Waals surface area contributed by atoms with Crippen molar-refractivity contribution in [1.29, 1.82) is 5.26 Å². The molecule has 0 aliphatic heterocycles. The Morgan fingerprint density at radius 1 is 0.915 bits per heavy atom. The van der Waals surface area contributed by atoms with Crippen LogP contribution in [0, 0.1) is 30.0 Å². The van der Waals surface area contributed by atoms with Crippen LogP contribution < -0.4 is 4.90 Å². The third-order valence-corrected chi connectivity index (χ3v) is 8.81. The Morgan fingerprint density at radius 2 is 1.47 bits per heavy atom. The van der Waals surface area contributed by atoms with E-state index in [1.54, 1.807) is 13.0 Å². The highest BCUT2D eigenvalue weighted by atomic mass is 19.4. The molecule has 47 heavy (non-hydrogen) atoms. The number of alkyl halides is 6. The number of rotatable bonds is 7. The van der Waals surface area contributed by atoms with Crippen LogP contribution >= 0.6 is 0 Å². The minimum absolute atomic E-state index is 0.0167. The van der Waals surface area contributed by atoms with E-state index < -0.39 is 52.2 Å². The fourth-order valence-corrected chi connectivity index (χ4v) is 6.19. The standard InChI is InChI=1S/C34H32F7N3O3/c1-18-11-24(35)9-10-25(18)26-16-27(20-7-5-19(6-8-20)12-29(45)46)43-28(17-42)30(26)44(4)31(47)32(2,3)21-13-22(33(36,37)38)15-23(14-21)34(39,40)41/h9-11,13-16,19-20H,5-8,12H2,1-4H3,(H,45,46)/t19-,20+. The molecular formula is C34H32F7N3O3. The first-order valence-corrected chi connectivity index (χ1v) is 14.8. The van der Waals surface area contributed by atoms with E-state index in [0.717, 1.165) is 4.90 Å². The van der Waals surface area contributed by atoms with E-state index in [0.29, 0.717) is 60.2 Å². The van der Waals surface area contributed by atoms with Gasteiger partial charge in [-0.3, -0.25) is 9.59 Å². The predicted molar refractivity (Wildman–Crippen MR) is 159 cm³/mol. The van der Waals surface area contributed by atoms with Gasteiger partial charge in [-0.2, -0.15) is 31.6 Å². The number of carbonyl (C=O) groups is 2. The number of carbonyl (C=O) groups excluding carboxylic acids is 1. The number of aryl methyl sites for hydroxylation is 1. The van der Waals surface area contributed by atoms with E-state index in [2.05, 4.69) is 4.98 Å². The van der Waals surface area contributed by atoms with Gasteiger partial charge in [-0.25, -0.2) is 9.37 Å². The molecule has 1 aliphatic carbocycles. The molecule has 0 unspecified atom stereocenters. The lowest BCUT2D eigenvalue weighted by atomic mass is 9.78. The van der Waals surface area contributed by atoms with Gasteiger partial charge in [-0.05, 0) is 105 Å². The van der Waals surface area contributed by atoms with Crippen molar-refractivity contribution in [3.8, 4) is 17.2 Å². The molecule has 0 atom stereocenters. The van der Waals surface area contributed by atoms with Gasteiger partial charge in [0.05, 0.1) is 22.2 Å². The van der Waals surface area contributed by atoms with Crippen LogP contribution in [-0.4, -0.2) is 29.0 Å². The summed E-state index contributed by atoms with van der Waals surface area (Å²) < 4.78 is 96.1. The Labute approximate surface area is 266 Å². The molecule has 1 amide bonds. The summed E-state index contributed by atoms with van der Waals surface area (Å²) >= 11 is 0. The number of nitriles is 1. The lowest BCUT2D eigenvalue weighted by molar-refractivity contribution is -0.143. The number of carboxylic acids is 1. The molecule has 1 aliphatic rings. The normalized spacial score (nSPS) is 17.2. The quantitative estimate of drug-likeness (QED) is 0.255. The highest BCUT2D eigenvalue weighted by Gasteiger charge is 2.42. The average Bonchev–Trinajstić information content (AvgIpc) is 2.98. The summed E-state index contributed by atoms with van der Waals surface area (Å²) in [4.78, 5) is 30.8. The maximum absolute atomic E-state index is 14.1. The molecule has 6 nitrogen and oxygen atoms in total. The van der Waals surface area contributed by atoms with Crippen LogP contribution in [0.1, 0.15) is 85.5 Å². The highest BCUT2D eigenvalue weighted by Crippen LogP contribution is 2.44.